The predicted octanol–water partition coefficient (Wildman–Crippen LogP) is 0.182. The predicted molar refractivity (Wildman–Crippen MR) is 55.3 cm³/mol. The van der Waals surface area contributed by atoms with Crippen LogP contribution < -0.4 is 11.1 Å². The molecule has 0 unspecified atom stereocenters. The number of amides is 1. The van der Waals surface area contributed by atoms with E-state index in [-0.39, 0.29) is 11.9 Å². The molecule has 80 valence electrons. The number of rotatable bonds is 2. The molecular formula is C10H13N3O2. The Hall–Kier alpha value is -1.62. The minimum absolute atomic E-state index is 0.0979. The van der Waals surface area contributed by atoms with Crippen molar-refractivity contribution >= 4 is 11.7 Å². The number of aromatic nitrogens is 1. The van der Waals surface area contributed by atoms with Crippen LogP contribution in [-0.2, 0) is 4.74 Å². The molecule has 1 aromatic heterocycles. The zero-order valence-corrected chi connectivity index (χ0v) is 8.27. The third kappa shape index (κ3) is 2.44. The van der Waals surface area contributed by atoms with Gasteiger partial charge < -0.3 is 15.8 Å². The Balaban J connectivity index is 2.01. The molecule has 1 fully saturated rings. The van der Waals surface area contributed by atoms with Crippen molar-refractivity contribution in [2.45, 2.75) is 12.5 Å². The van der Waals surface area contributed by atoms with E-state index in [0.29, 0.717) is 24.7 Å². The second kappa shape index (κ2) is 4.27. The van der Waals surface area contributed by atoms with Crippen LogP contribution in [0.4, 0.5) is 5.82 Å². The van der Waals surface area contributed by atoms with Crippen molar-refractivity contribution in [2.24, 2.45) is 0 Å². The van der Waals surface area contributed by atoms with Gasteiger partial charge in [-0.15, -0.1) is 0 Å². The number of carbonyl (C=O) groups excluding carboxylic acids is 1. The number of ether oxygens (including phenoxy) is 1. The molecule has 0 aliphatic carbocycles. The molecule has 0 aromatic carbocycles. The van der Waals surface area contributed by atoms with E-state index in [4.69, 9.17) is 10.5 Å². The quantitative estimate of drug-likeness (QED) is 0.725. The normalized spacial score (nSPS) is 20.1. The number of nitrogen functional groups attached to an aromatic ring is 1. The fourth-order valence-corrected chi connectivity index (χ4v) is 1.49. The average molecular weight is 207 g/mol. The Morgan fingerprint density at radius 1 is 1.60 bits per heavy atom. The van der Waals surface area contributed by atoms with Crippen LogP contribution in [-0.4, -0.2) is 30.1 Å². The standard InChI is InChI=1S/C10H13N3O2/c11-9-3-1-2-8(13-9)10(14)12-7-4-5-15-6-7/h1-3,7H,4-6H2,(H2,11,13)(H,12,14)/t7-/m1/s1. The second-order valence-corrected chi connectivity index (χ2v) is 3.48. The van der Waals surface area contributed by atoms with Crippen LogP contribution in [0, 0.1) is 0 Å². The molecule has 2 rings (SSSR count). The van der Waals surface area contributed by atoms with Crippen molar-refractivity contribution in [3.8, 4) is 0 Å². The third-order valence-electron chi connectivity index (χ3n) is 2.27. The van der Waals surface area contributed by atoms with Gasteiger partial charge >= 0.3 is 0 Å². The minimum atomic E-state index is -0.196. The summed E-state index contributed by atoms with van der Waals surface area (Å²) in [6, 6.07) is 5.10. The van der Waals surface area contributed by atoms with E-state index in [0.717, 1.165) is 6.42 Å². The van der Waals surface area contributed by atoms with Crippen molar-refractivity contribution in [1.29, 1.82) is 0 Å². The van der Waals surface area contributed by atoms with Crippen LogP contribution in [0.1, 0.15) is 16.9 Å². The lowest BCUT2D eigenvalue weighted by Gasteiger charge is -2.09. The van der Waals surface area contributed by atoms with Gasteiger partial charge in [0.2, 0.25) is 0 Å². The number of nitrogens with one attached hydrogen (secondary N) is 1. The molecule has 1 aliphatic heterocycles. The highest BCUT2D eigenvalue weighted by molar-refractivity contribution is 5.92. The first-order valence-electron chi connectivity index (χ1n) is 4.87. The number of nitrogens with zero attached hydrogens (tertiary/aromatic N) is 1. The van der Waals surface area contributed by atoms with Gasteiger partial charge in [-0.05, 0) is 18.6 Å². The summed E-state index contributed by atoms with van der Waals surface area (Å²) in [7, 11) is 0. The zero-order valence-electron chi connectivity index (χ0n) is 8.27. The monoisotopic (exact) mass is 207 g/mol. The third-order valence-corrected chi connectivity index (χ3v) is 2.27. The molecule has 5 heteroatoms. The summed E-state index contributed by atoms with van der Waals surface area (Å²) in [6.45, 7) is 1.28. The first-order valence-corrected chi connectivity index (χ1v) is 4.87. The topological polar surface area (TPSA) is 77.2 Å². The number of pyridine rings is 1. The van der Waals surface area contributed by atoms with Gasteiger partial charge in [-0.25, -0.2) is 4.98 Å². The summed E-state index contributed by atoms with van der Waals surface area (Å²) in [5, 5.41) is 2.84. The van der Waals surface area contributed by atoms with E-state index in [2.05, 4.69) is 10.3 Å². The molecule has 0 saturated carbocycles. The van der Waals surface area contributed by atoms with Gasteiger partial charge in [0.15, 0.2) is 0 Å². The lowest BCUT2D eigenvalue weighted by molar-refractivity contribution is 0.0925. The molecule has 1 aromatic rings. The molecule has 15 heavy (non-hydrogen) atoms. The first kappa shape index (κ1) is 9.92. The molecule has 1 aliphatic rings. The fourth-order valence-electron chi connectivity index (χ4n) is 1.49. The highest BCUT2D eigenvalue weighted by Crippen LogP contribution is 2.05. The van der Waals surface area contributed by atoms with E-state index >= 15 is 0 Å². The number of nitrogens with two attached hydrogens (primary N) is 1. The molecule has 1 atom stereocenters. The largest absolute Gasteiger partial charge is 0.384 e. The van der Waals surface area contributed by atoms with Crippen molar-refractivity contribution in [3.05, 3.63) is 23.9 Å². The van der Waals surface area contributed by atoms with Crippen molar-refractivity contribution in [1.82, 2.24) is 10.3 Å². The molecule has 3 N–H and O–H groups in total. The van der Waals surface area contributed by atoms with Crippen LogP contribution in [0.15, 0.2) is 18.2 Å². The number of carbonyl (C=O) groups is 1. The van der Waals surface area contributed by atoms with Gasteiger partial charge in [0.25, 0.3) is 5.91 Å². The maximum atomic E-state index is 11.7. The Kier molecular flexibility index (Phi) is 2.82. The van der Waals surface area contributed by atoms with Crippen LogP contribution >= 0.6 is 0 Å². The zero-order chi connectivity index (χ0) is 10.7. The Labute approximate surface area is 87.6 Å². The van der Waals surface area contributed by atoms with Crippen molar-refractivity contribution in [2.75, 3.05) is 18.9 Å². The number of hydrogen-bond donors (Lipinski definition) is 2. The van der Waals surface area contributed by atoms with E-state index in [1.165, 1.54) is 0 Å². The highest BCUT2D eigenvalue weighted by Gasteiger charge is 2.18. The summed E-state index contributed by atoms with van der Waals surface area (Å²) in [4.78, 5) is 15.6. The summed E-state index contributed by atoms with van der Waals surface area (Å²) in [5.74, 6) is 0.156. The Morgan fingerprint density at radius 2 is 2.47 bits per heavy atom. The SMILES string of the molecule is Nc1cccc(C(=O)N[C@@H]2CCOC2)n1. The highest BCUT2D eigenvalue weighted by atomic mass is 16.5. The van der Waals surface area contributed by atoms with Crippen LogP contribution in [0.3, 0.4) is 0 Å². The number of hydrogen-bond acceptors (Lipinski definition) is 4. The minimum Gasteiger partial charge on any atom is -0.384 e. The van der Waals surface area contributed by atoms with Crippen LogP contribution in [0.2, 0.25) is 0 Å². The molecule has 1 amide bonds. The van der Waals surface area contributed by atoms with E-state index in [1.54, 1.807) is 18.2 Å². The lowest BCUT2D eigenvalue weighted by atomic mass is 10.2. The summed E-state index contributed by atoms with van der Waals surface area (Å²) in [6.07, 6.45) is 0.855. The van der Waals surface area contributed by atoms with Crippen LogP contribution in [0.25, 0.3) is 0 Å². The fraction of sp³-hybridized carbons (Fsp3) is 0.400. The van der Waals surface area contributed by atoms with E-state index < -0.39 is 0 Å². The van der Waals surface area contributed by atoms with E-state index in [9.17, 15) is 4.79 Å². The summed E-state index contributed by atoms with van der Waals surface area (Å²) >= 11 is 0. The summed E-state index contributed by atoms with van der Waals surface area (Å²) in [5.41, 5.74) is 5.84. The Bertz CT molecular complexity index is 361. The van der Waals surface area contributed by atoms with E-state index in [1.807, 2.05) is 0 Å². The molecule has 2 heterocycles. The van der Waals surface area contributed by atoms with Gasteiger partial charge in [0.05, 0.1) is 12.6 Å². The first-order chi connectivity index (χ1) is 7.25. The maximum Gasteiger partial charge on any atom is 0.270 e. The molecule has 0 bridgehead atoms. The van der Waals surface area contributed by atoms with Crippen molar-refractivity contribution < 1.29 is 9.53 Å². The second-order valence-electron chi connectivity index (χ2n) is 3.48. The molecular weight excluding hydrogens is 194 g/mol. The molecule has 0 spiro atoms. The molecule has 5 nitrogen and oxygen atoms in total. The lowest BCUT2D eigenvalue weighted by Crippen LogP contribution is -2.35. The maximum absolute atomic E-state index is 11.7. The van der Waals surface area contributed by atoms with Gasteiger partial charge in [0.1, 0.15) is 11.5 Å². The summed E-state index contributed by atoms with van der Waals surface area (Å²) < 4.78 is 5.16. The van der Waals surface area contributed by atoms with Crippen molar-refractivity contribution in [3.63, 3.8) is 0 Å². The Morgan fingerprint density at radius 3 is 3.13 bits per heavy atom. The smallest absolute Gasteiger partial charge is 0.270 e. The molecule has 1 saturated heterocycles. The molecule has 0 radical (unpaired) electrons. The van der Waals surface area contributed by atoms with Gasteiger partial charge in [0, 0.05) is 6.61 Å². The van der Waals surface area contributed by atoms with Gasteiger partial charge in [-0.1, -0.05) is 6.07 Å². The average Bonchev–Trinajstić information content (AvgIpc) is 2.70. The van der Waals surface area contributed by atoms with Crippen LogP contribution in [0.5, 0.6) is 0 Å². The van der Waals surface area contributed by atoms with Gasteiger partial charge in [-0.3, -0.25) is 4.79 Å². The van der Waals surface area contributed by atoms with Gasteiger partial charge in [-0.2, -0.15) is 0 Å². The number of anilines is 1.